The van der Waals surface area contributed by atoms with Gasteiger partial charge in [0, 0.05) is 30.7 Å². The Bertz CT molecular complexity index is 590. The first-order chi connectivity index (χ1) is 11.7. The van der Waals surface area contributed by atoms with Crippen molar-refractivity contribution < 1.29 is 14.3 Å². The summed E-state index contributed by atoms with van der Waals surface area (Å²) in [4.78, 5) is 16.9. The minimum Gasteiger partial charge on any atom is -0.484 e. The maximum atomic E-state index is 12.5. The number of nitrogens with zero attached hydrogens (tertiary/aromatic N) is 2. The molecule has 1 saturated carbocycles. The highest BCUT2D eigenvalue weighted by atomic mass is 35.5. The van der Waals surface area contributed by atoms with Crippen molar-refractivity contribution in [1.82, 2.24) is 9.80 Å². The zero-order valence-electron chi connectivity index (χ0n) is 13.7. The zero-order valence-corrected chi connectivity index (χ0v) is 14.5. The van der Waals surface area contributed by atoms with Gasteiger partial charge in [-0.05, 0) is 43.0 Å². The van der Waals surface area contributed by atoms with Crippen LogP contribution in [0.25, 0.3) is 0 Å². The number of benzene rings is 1. The number of hydrogen-bond acceptors (Lipinski definition) is 4. The van der Waals surface area contributed by atoms with Gasteiger partial charge < -0.3 is 14.4 Å². The monoisotopic (exact) mass is 350 g/mol. The van der Waals surface area contributed by atoms with E-state index < -0.39 is 0 Å². The Morgan fingerprint density at radius 1 is 1.21 bits per heavy atom. The van der Waals surface area contributed by atoms with Crippen LogP contribution in [-0.4, -0.2) is 67.2 Å². The van der Waals surface area contributed by atoms with E-state index in [9.17, 15) is 4.79 Å². The number of amides is 1. The standard InChI is InChI=1S/C18H23ClN2O3/c19-14-3-5-16(6-4-14)24-12-18(22)20-7-8-21-15(9-20)10-23-11-17(21)13-1-2-13/h3-6,13,15,17H,1-2,7-12H2/t15-,17-/m1/s1. The number of ether oxygens (including phenoxy) is 2. The summed E-state index contributed by atoms with van der Waals surface area (Å²) in [5, 5.41) is 0.660. The second-order valence-corrected chi connectivity index (χ2v) is 7.35. The number of piperazine rings is 1. The topological polar surface area (TPSA) is 42.0 Å². The first kappa shape index (κ1) is 16.2. The Morgan fingerprint density at radius 3 is 2.75 bits per heavy atom. The summed E-state index contributed by atoms with van der Waals surface area (Å²) in [6, 6.07) is 7.98. The number of halogens is 1. The fourth-order valence-electron chi connectivity index (χ4n) is 3.76. The number of morpholine rings is 1. The third kappa shape index (κ3) is 3.53. The van der Waals surface area contributed by atoms with Crippen molar-refractivity contribution >= 4 is 17.5 Å². The van der Waals surface area contributed by atoms with E-state index in [-0.39, 0.29) is 12.5 Å². The first-order valence-electron chi connectivity index (χ1n) is 8.70. The molecule has 0 radical (unpaired) electrons. The third-order valence-corrected chi connectivity index (χ3v) is 5.50. The van der Waals surface area contributed by atoms with Crippen molar-refractivity contribution in [2.45, 2.75) is 24.9 Å². The van der Waals surface area contributed by atoms with E-state index in [0.717, 1.165) is 38.8 Å². The van der Waals surface area contributed by atoms with Crippen molar-refractivity contribution in [1.29, 1.82) is 0 Å². The number of carbonyl (C=O) groups is 1. The van der Waals surface area contributed by atoms with Crippen LogP contribution in [0.2, 0.25) is 5.02 Å². The normalized spacial score (nSPS) is 27.6. The summed E-state index contributed by atoms with van der Waals surface area (Å²) in [5.74, 6) is 1.52. The second-order valence-electron chi connectivity index (χ2n) is 6.92. The largest absolute Gasteiger partial charge is 0.484 e. The lowest BCUT2D eigenvalue weighted by molar-refractivity contribution is -0.142. The van der Waals surface area contributed by atoms with Crippen LogP contribution < -0.4 is 4.74 Å². The highest BCUT2D eigenvalue weighted by molar-refractivity contribution is 6.30. The SMILES string of the molecule is O=C(COc1ccc(Cl)cc1)N1CCN2[C@@H](COC[C@@H]2C2CC2)C1. The molecule has 2 heterocycles. The molecule has 0 spiro atoms. The fourth-order valence-corrected chi connectivity index (χ4v) is 3.88. The molecule has 0 unspecified atom stereocenters. The molecule has 3 aliphatic rings. The Hall–Kier alpha value is -1.30. The Kier molecular flexibility index (Phi) is 4.66. The minimum atomic E-state index is 0.0399. The maximum absolute atomic E-state index is 12.5. The molecule has 24 heavy (non-hydrogen) atoms. The van der Waals surface area contributed by atoms with E-state index in [0.29, 0.717) is 22.9 Å². The van der Waals surface area contributed by atoms with Crippen LogP contribution in [-0.2, 0) is 9.53 Å². The molecule has 1 aromatic carbocycles. The van der Waals surface area contributed by atoms with E-state index in [2.05, 4.69) is 4.90 Å². The predicted molar refractivity (Wildman–Crippen MR) is 91.4 cm³/mol. The summed E-state index contributed by atoms with van der Waals surface area (Å²) in [7, 11) is 0. The summed E-state index contributed by atoms with van der Waals surface area (Å²) in [5.41, 5.74) is 0. The summed E-state index contributed by atoms with van der Waals surface area (Å²) >= 11 is 5.85. The molecule has 1 aliphatic carbocycles. The van der Waals surface area contributed by atoms with E-state index in [1.54, 1.807) is 24.3 Å². The average Bonchev–Trinajstić information content (AvgIpc) is 3.45. The highest BCUT2D eigenvalue weighted by Gasteiger charge is 2.43. The molecule has 1 amide bonds. The number of fused-ring (bicyclic) bond motifs is 1. The molecular formula is C18H23ClN2O3. The van der Waals surface area contributed by atoms with Gasteiger partial charge in [0.2, 0.25) is 0 Å². The molecule has 1 aromatic rings. The molecule has 2 aliphatic heterocycles. The van der Waals surface area contributed by atoms with Gasteiger partial charge in [-0.2, -0.15) is 0 Å². The van der Waals surface area contributed by atoms with Gasteiger partial charge in [-0.15, -0.1) is 0 Å². The predicted octanol–water partition coefficient (Wildman–Crippen LogP) is 2.04. The van der Waals surface area contributed by atoms with Crippen LogP contribution in [0.5, 0.6) is 5.75 Å². The second kappa shape index (κ2) is 6.90. The van der Waals surface area contributed by atoms with Gasteiger partial charge in [0.05, 0.1) is 19.3 Å². The van der Waals surface area contributed by atoms with Crippen molar-refractivity contribution in [2.75, 3.05) is 39.5 Å². The van der Waals surface area contributed by atoms with Crippen LogP contribution >= 0.6 is 11.6 Å². The summed E-state index contributed by atoms with van der Waals surface area (Å²) in [6.45, 7) is 4.12. The minimum absolute atomic E-state index is 0.0399. The quantitative estimate of drug-likeness (QED) is 0.833. The zero-order chi connectivity index (χ0) is 16.5. The lowest BCUT2D eigenvalue weighted by atomic mass is 10.0. The lowest BCUT2D eigenvalue weighted by Gasteiger charge is -2.48. The molecule has 5 nitrogen and oxygen atoms in total. The maximum Gasteiger partial charge on any atom is 0.260 e. The molecule has 2 saturated heterocycles. The first-order valence-corrected chi connectivity index (χ1v) is 9.08. The summed E-state index contributed by atoms with van der Waals surface area (Å²) in [6.07, 6.45) is 2.66. The summed E-state index contributed by atoms with van der Waals surface area (Å²) < 4.78 is 11.4. The van der Waals surface area contributed by atoms with Crippen LogP contribution in [0.4, 0.5) is 0 Å². The van der Waals surface area contributed by atoms with E-state index in [4.69, 9.17) is 21.1 Å². The molecular weight excluding hydrogens is 328 g/mol. The lowest BCUT2D eigenvalue weighted by Crippen LogP contribution is -2.63. The number of hydrogen-bond donors (Lipinski definition) is 0. The van der Waals surface area contributed by atoms with Crippen LogP contribution in [0.3, 0.4) is 0 Å². The molecule has 0 aromatic heterocycles. The van der Waals surface area contributed by atoms with E-state index in [1.165, 1.54) is 12.8 Å². The Labute approximate surface area is 147 Å². The molecule has 0 bridgehead atoms. The Morgan fingerprint density at radius 2 is 2.00 bits per heavy atom. The third-order valence-electron chi connectivity index (χ3n) is 5.25. The van der Waals surface area contributed by atoms with E-state index in [1.807, 2.05) is 4.90 Å². The van der Waals surface area contributed by atoms with Gasteiger partial charge in [0.25, 0.3) is 5.91 Å². The van der Waals surface area contributed by atoms with Gasteiger partial charge in [-0.3, -0.25) is 9.69 Å². The molecule has 2 atom stereocenters. The van der Waals surface area contributed by atoms with E-state index >= 15 is 0 Å². The molecule has 6 heteroatoms. The van der Waals surface area contributed by atoms with Crippen LogP contribution in [0, 0.1) is 5.92 Å². The average molecular weight is 351 g/mol. The van der Waals surface area contributed by atoms with Gasteiger partial charge >= 0.3 is 0 Å². The highest BCUT2D eigenvalue weighted by Crippen LogP contribution is 2.38. The number of rotatable bonds is 4. The Balaban J connectivity index is 1.30. The van der Waals surface area contributed by atoms with Crippen molar-refractivity contribution in [3.8, 4) is 5.75 Å². The van der Waals surface area contributed by atoms with Gasteiger partial charge in [-0.25, -0.2) is 0 Å². The molecule has 0 N–H and O–H groups in total. The van der Waals surface area contributed by atoms with Gasteiger partial charge in [0.15, 0.2) is 6.61 Å². The molecule has 3 fully saturated rings. The molecule has 130 valence electrons. The fraction of sp³-hybridized carbons (Fsp3) is 0.611. The van der Waals surface area contributed by atoms with Gasteiger partial charge in [-0.1, -0.05) is 11.6 Å². The smallest absolute Gasteiger partial charge is 0.260 e. The number of carbonyl (C=O) groups excluding carboxylic acids is 1. The van der Waals surface area contributed by atoms with Crippen molar-refractivity contribution in [2.24, 2.45) is 5.92 Å². The van der Waals surface area contributed by atoms with Gasteiger partial charge in [0.1, 0.15) is 5.75 Å². The van der Waals surface area contributed by atoms with Crippen LogP contribution in [0.1, 0.15) is 12.8 Å². The molecule has 4 rings (SSSR count). The van der Waals surface area contributed by atoms with Crippen LogP contribution in [0.15, 0.2) is 24.3 Å². The van der Waals surface area contributed by atoms with Crippen molar-refractivity contribution in [3.05, 3.63) is 29.3 Å². The van der Waals surface area contributed by atoms with Crippen molar-refractivity contribution in [3.63, 3.8) is 0 Å².